The van der Waals surface area contributed by atoms with Crippen LogP contribution >= 0.6 is 12.2 Å². The van der Waals surface area contributed by atoms with E-state index in [9.17, 15) is 4.79 Å². The van der Waals surface area contributed by atoms with Gasteiger partial charge in [0.1, 0.15) is 12.4 Å². The smallest absolute Gasteiger partial charge is 0.240 e. The van der Waals surface area contributed by atoms with E-state index in [4.69, 9.17) is 12.2 Å². The summed E-state index contributed by atoms with van der Waals surface area (Å²) >= 11 is 5.18. The van der Waals surface area contributed by atoms with Crippen LogP contribution in [0.4, 0.5) is 0 Å². The van der Waals surface area contributed by atoms with Crippen LogP contribution < -0.4 is 5.32 Å². The Morgan fingerprint density at radius 1 is 1.36 bits per heavy atom. The maximum absolute atomic E-state index is 12.1. The highest BCUT2D eigenvalue weighted by Crippen LogP contribution is 2.07. The number of rotatable bonds is 7. The molecule has 118 valence electrons. The van der Waals surface area contributed by atoms with Crippen molar-refractivity contribution in [2.24, 2.45) is 0 Å². The molecule has 0 aliphatic heterocycles. The summed E-state index contributed by atoms with van der Waals surface area (Å²) in [4.78, 5) is 12.1. The molecule has 5 nitrogen and oxygen atoms in total. The molecule has 0 unspecified atom stereocenters. The zero-order valence-corrected chi connectivity index (χ0v) is 13.9. The average molecular weight is 318 g/mol. The van der Waals surface area contributed by atoms with Crippen LogP contribution in [0.1, 0.15) is 30.3 Å². The van der Waals surface area contributed by atoms with Gasteiger partial charge in [0.15, 0.2) is 4.77 Å². The van der Waals surface area contributed by atoms with Crippen LogP contribution in [0.5, 0.6) is 0 Å². The lowest BCUT2D eigenvalue weighted by Crippen LogP contribution is -2.30. The van der Waals surface area contributed by atoms with Crippen LogP contribution in [-0.2, 0) is 24.2 Å². The Morgan fingerprint density at radius 2 is 2.14 bits per heavy atom. The summed E-state index contributed by atoms with van der Waals surface area (Å²) in [6, 6.07) is 8.21. The number of hydrogen-bond donors (Lipinski definition) is 2. The van der Waals surface area contributed by atoms with Crippen LogP contribution in [0.15, 0.2) is 24.3 Å². The lowest BCUT2D eigenvalue weighted by molar-refractivity contribution is -0.121. The second-order valence-electron chi connectivity index (χ2n) is 5.31. The Hall–Kier alpha value is -1.95. The Bertz CT molecular complexity index is 689. The molecule has 0 spiro atoms. The predicted molar refractivity (Wildman–Crippen MR) is 89.3 cm³/mol. The zero-order chi connectivity index (χ0) is 15.9. The van der Waals surface area contributed by atoms with Gasteiger partial charge in [-0.15, -0.1) is 0 Å². The quantitative estimate of drug-likeness (QED) is 0.771. The summed E-state index contributed by atoms with van der Waals surface area (Å²) in [7, 11) is 0. The summed E-state index contributed by atoms with van der Waals surface area (Å²) in [5.74, 6) is 0.796. The topological polar surface area (TPSA) is 62.7 Å². The molecule has 0 radical (unpaired) electrons. The number of aromatic nitrogens is 3. The lowest BCUT2D eigenvalue weighted by atomic mass is 10.1. The molecular weight excluding hydrogens is 296 g/mol. The Balaban J connectivity index is 1.87. The molecule has 1 heterocycles. The lowest BCUT2D eigenvalue weighted by Gasteiger charge is -2.09. The molecule has 1 amide bonds. The fourth-order valence-corrected chi connectivity index (χ4v) is 2.57. The van der Waals surface area contributed by atoms with Gasteiger partial charge in [-0.05, 0) is 43.1 Å². The van der Waals surface area contributed by atoms with Crippen molar-refractivity contribution in [3.8, 4) is 0 Å². The van der Waals surface area contributed by atoms with Gasteiger partial charge in [-0.2, -0.15) is 5.10 Å². The third kappa shape index (κ3) is 4.27. The highest BCUT2D eigenvalue weighted by molar-refractivity contribution is 7.71. The summed E-state index contributed by atoms with van der Waals surface area (Å²) in [5, 5.41) is 9.86. The molecule has 0 saturated carbocycles. The first-order valence-corrected chi connectivity index (χ1v) is 7.98. The minimum absolute atomic E-state index is 0.0385. The molecule has 2 N–H and O–H groups in total. The molecule has 0 bridgehead atoms. The Morgan fingerprint density at radius 3 is 2.86 bits per heavy atom. The van der Waals surface area contributed by atoms with Crippen molar-refractivity contribution in [1.29, 1.82) is 0 Å². The average Bonchev–Trinajstić information content (AvgIpc) is 2.83. The van der Waals surface area contributed by atoms with Gasteiger partial charge in [-0.3, -0.25) is 14.5 Å². The number of H-pyrrole nitrogens is 1. The van der Waals surface area contributed by atoms with Gasteiger partial charge < -0.3 is 5.32 Å². The zero-order valence-electron chi connectivity index (χ0n) is 13.1. The first-order valence-electron chi connectivity index (χ1n) is 7.57. The van der Waals surface area contributed by atoms with Crippen molar-refractivity contribution in [2.75, 3.05) is 6.54 Å². The van der Waals surface area contributed by atoms with E-state index in [1.165, 1.54) is 11.1 Å². The minimum atomic E-state index is -0.0385. The molecule has 0 aliphatic rings. The molecule has 22 heavy (non-hydrogen) atoms. The largest absolute Gasteiger partial charge is 0.354 e. The molecule has 2 rings (SSSR count). The first-order chi connectivity index (χ1) is 10.6. The highest BCUT2D eigenvalue weighted by atomic mass is 32.1. The van der Waals surface area contributed by atoms with Gasteiger partial charge in [-0.25, -0.2) is 0 Å². The van der Waals surface area contributed by atoms with Crippen molar-refractivity contribution in [3.63, 3.8) is 0 Å². The van der Waals surface area contributed by atoms with Crippen molar-refractivity contribution in [3.05, 3.63) is 46.0 Å². The molecule has 2 aromatic rings. The van der Waals surface area contributed by atoms with Crippen LogP contribution in [0.3, 0.4) is 0 Å². The fourth-order valence-electron chi connectivity index (χ4n) is 2.35. The fraction of sp³-hybridized carbons (Fsp3) is 0.438. The van der Waals surface area contributed by atoms with Crippen molar-refractivity contribution < 1.29 is 4.79 Å². The molecule has 0 atom stereocenters. The van der Waals surface area contributed by atoms with Gasteiger partial charge in [0.05, 0.1) is 0 Å². The molecular formula is C16H22N4OS. The van der Waals surface area contributed by atoms with Gasteiger partial charge in [0, 0.05) is 13.0 Å². The van der Waals surface area contributed by atoms with Crippen molar-refractivity contribution in [2.45, 2.75) is 39.7 Å². The van der Waals surface area contributed by atoms with Gasteiger partial charge in [0.2, 0.25) is 5.91 Å². The van der Waals surface area contributed by atoms with Gasteiger partial charge in [0.25, 0.3) is 0 Å². The number of carbonyl (C=O) groups is 1. The van der Waals surface area contributed by atoms with Gasteiger partial charge >= 0.3 is 0 Å². The third-order valence-corrected chi connectivity index (χ3v) is 3.90. The number of aryl methyl sites for hydroxylation is 2. The normalized spacial score (nSPS) is 10.6. The Kier molecular flexibility index (Phi) is 5.89. The van der Waals surface area contributed by atoms with Crippen molar-refractivity contribution >= 4 is 18.1 Å². The van der Waals surface area contributed by atoms with E-state index in [1.54, 1.807) is 4.57 Å². The van der Waals surface area contributed by atoms with E-state index in [0.717, 1.165) is 25.1 Å². The molecule has 1 aromatic carbocycles. The molecule has 0 fully saturated rings. The van der Waals surface area contributed by atoms with E-state index >= 15 is 0 Å². The summed E-state index contributed by atoms with van der Waals surface area (Å²) < 4.78 is 2.26. The van der Waals surface area contributed by atoms with Crippen LogP contribution in [0.2, 0.25) is 0 Å². The molecule has 0 aliphatic carbocycles. The number of benzene rings is 1. The van der Waals surface area contributed by atoms with E-state index in [1.807, 2.05) is 12.1 Å². The maximum Gasteiger partial charge on any atom is 0.240 e. The van der Waals surface area contributed by atoms with Crippen LogP contribution in [-0.4, -0.2) is 27.2 Å². The highest BCUT2D eigenvalue weighted by Gasteiger charge is 2.09. The number of amides is 1. The van der Waals surface area contributed by atoms with E-state index < -0.39 is 0 Å². The second kappa shape index (κ2) is 7.89. The van der Waals surface area contributed by atoms with Crippen LogP contribution in [0.25, 0.3) is 0 Å². The predicted octanol–water partition coefficient (Wildman–Crippen LogP) is 2.56. The number of aromatic amines is 1. The summed E-state index contributed by atoms with van der Waals surface area (Å²) in [6.45, 7) is 5.00. The molecule has 1 aromatic heterocycles. The summed E-state index contributed by atoms with van der Waals surface area (Å²) in [5.41, 5.74) is 2.51. The monoisotopic (exact) mass is 318 g/mol. The summed E-state index contributed by atoms with van der Waals surface area (Å²) in [6.07, 6.45) is 2.61. The number of carbonyl (C=O) groups excluding carboxylic acids is 1. The minimum Gasteiger partial charge on any atom is -0.354 e. The van der Waals surface area contributed by atoms with Gasteiger partial charge in [-0.1, -0.05) is 31.2 Å². The standard InChI is InChI=1S/C16H22N4OS/c1-3-6-14-18-19-16(22)20(14)11-15(21)17-10-9-13-8-5-4-7-12(13)2/h4-5,7-8H,3,6,9-11H2,1-2H3,(H,17,21)(H,19,22). The van der Waals surface area contributed by atoms with E-state index in [-0.39, 0.29) is 12.5 Å². The first kappa shape index (κ1) is 16.4. The molecule has 6 heteroatoms. The van der Waals surface area contributed by atoms with Crippen molar-refractivity contribution in [1.82, 2.24) is 20.1 Å². The second-order valence-corrected chi connectivity index (χ2v) is 5.69. The third-order valence-electron chi connectivity index (χ3n) is 3.59. The number of nitrogens with one attached hydrogen (secondary N) is 2. The maximum atomic E-state index is 12.1. The number of hydrogen-bond acceptors (Lipinski definition) is 3. The van der Waals surface area contributed by atoms with Crippen LogP contribution in [0, 0.1) is 11.7 Å². The SMILES string of the molecule is CCCc1n[nH]c(=S)n1CC(=O)NCCc1ccccc1C. The molecule has 0 saturated heterocycles. The van der Waals surface area contributed by atoms with E-state index in [2.05, 4.69) is 41.5 Å². The van der Waals surface area contributed by atoms with E-state index in [0.29, 0.717) is 11.3 Å². The number of nitrogens with zero attached hydrogens (tertiary/aromatic N) is 2. The Labute approximate surface area is 135 Å².